The van der Waals surface area contributed by atoms with Crippen molar-refractivity contribution >= 4 is 11.9 Å². The molecule has 0 spiro atoms. The molecule has 1 aromatic carbocycles. The molecule has 6 nitrogen and oxygen atoms in total. The summed E-state index contributed by atoms with van der Waals surface area (Å²) in [5.74, 6) is -1.22. The summed E-state index contributed by atoms with van der Waals surface area (Å²) in [5, 5.41) is 34.6. The van der Waals surface area contributed by atoms with E-state index < -0.39 is 11.9 Å². The molecule has 0 atom stereocenters. The molecule has 6 heteroatoms. The van der Waals surface area contributed by atoms with E-state index in [4.69, 9.17) is 20.4 Å². The summed E-state index contributed by atoms with van der Waals surface area (Å²) in [6, 6.07) is 5.20. The molecule has 0 saturated heterocycles. The Morgan fingerprint density at radius 3 is 1.50 bits per heavy atom. The second-order valence-corrected chi connectivity index (χ2v) is 5.44. The van der Waals surface area contributed by atoms with E-state index in [-0.39, 0.29) is 11.1 Å². The van der Waals surface area contributed by atoms with E-state index in [0.717, 1.165) is 31.7 Å². The highest BCUT2D eigenvalue weighted by molar-refractivity contribution is 5.93. The molecule has 0 unspecified atom stereocenters. The van der Waals surface area contributed by atoms with Crippen molar-refractivity contribution in [2.24, 2.45) is 11.8 Å². The normalized spacial score (nSPS) is 20.6. The summed E-state index contributed by atoms with van der Waals surface area (Å²) in [4.78, 5) is 20.8. The number of carbonyl (C=O) groups is 2. The summed E-state index contributed by atoms with van der Waals surface area (Å²) >= 11 is 0. The standard InChI is InChI=1S/C8H6O4.C8H16O2/c9-7(10)5-2-1-3-6(4-5)8(11)12;9-5-7-1-2-8(6-10)4-3-7/h1-4H,(H,9,10)(H,11,12);7-10H,1-6H2. The molecule has 1 aromatic rings. The number of aromatic carboxylic acids is 2. The van der Waals surface area contributed by atoms with Crippen LogP contribution in [0.3, 0.4) is 0 Å². The summed E-state index contributed by atoms with van der Waals surface area (Å²) in [6.45, 7) is 0.663. The number of rotatable bonds is 4. The number of hydrogen-bond acceptors (Lipinski definition) is 4. The van der Waals surface area contributed by atoms with Crippen molar-refractivity contribution in [1.82, 2.24) is 0 Å². The number of benzene rings is 1. The van der Waals surface area contributed by atoms with Gasteiger partial charge in [-0.1, -0.05) is 6.07 Å². The third-order valence-corrected chi connectivity index (χ3v) is 3.84. The van der Waals surface area contributed by atoms with Gasteiger partial charge in [0.05, 0.1) is 11.1 Å². The molecule has 0 bridgehead atoms. The molecule has 0 radical (unpaired) electrons. The second kappa shape index (κ2) is 9.17. The van der Waals surface area contributed by atoms with E-state index in [1.54, 1.807) is 0 Å². The number of hydrogen-bond donors (Lipinski definition) is 4. The van der Waals surface area contributed by atoms with Crippen LogP contribution in [0, 0.1) is 11.8 Å². The van der Waals surface area contributed by atoms with Crippen molar-refractivity contribution in [3.05, 3.63) is 35.4 Å². The first kappa shape index (κ1) is 18.1. The summed E-state index contributed by atoms with van der Waals surface area (Å²) < 4.78 is 0. The molecule has 0 aromatic heterocycles. The van der Waals surface area contributed by atoms with Crippen LogP contribution >= 0.6 is 0 Å². The van der Waals surface area contributed by atoms with Crippen LogP contribution in [0.2, 0.25) is 0 Å². The fraction of sp³-hybridized carbons (Fsp3) is 0.500. The van der Waals surface area contributed by atoms with Crippen LogP contribution in [0.15, 0.2) is 24.3 Å². The second-order valence-electron chi connectivity index (χ2n) is 5.44. The first-order valence-corrected chi connectivity index (χ1v) is 7.26. The predicted octanol–water partition coefficient (Wildman–Crippen LogP) is 1.86. The van der Waals surface area contributed by atoms with Gasteiger partial charge in [0, 0.05) is 13.2 Å². The highest BCUT2D eigenvalue weighted by Crippen LogP contribution is 2.27. The van der Waals surface area contributed by atoms with Gasteiger partial charge in [0.15, 0.2) is 0 Å². The van der Waals surface area contributed by atoms with E-state index in [1.807, 2.05) is 0 Å². The van der Waals surface area contributed by atoms with Crippen LogP contribution in [-0.4, -0.2) is 45.6 Å². The molecule has 0 amide bonds. The average molecular weight is 310 g/mol. The highest BCUT2D eigenvalue weighted by atomic mass is 16.4. The minimum absolute atomic E-state index is 0.0186. The Bertz CT molecular complexity index is 450. The van der Waals surface area contributed by atoms with Gasteiger partial charge in [-0.15, -0.1) is 0 Å². The van der Waals surface area contributed by atoms with Crippen LogP contribution < -0.4 is 0 Å². The number of carboxylic acids is 2. The van der Waals surface area contributed by atoms with Gasteiger partial charge in [-0.05, 0) is 55.7 Å². The van der Waals surface area contributed by atoms with Crippen molar-refractivity contribution in [2.45, 2.75) is 25.7 Å². The minimum Gasteiger partial charge on any atom is -0.478 e. The Kier molecular flexibility index (Phi) is 7.56. The molecule has 4 N–H and O–H groups in total. The summed E-state index contributed by atoms with van der Waals surface area (Å²) in [7, 11) is 0. The van der Waals surface area contributed by atoms with Crippen LogP contribution in [0.1, 0.15) is 46.4 Å². The number of carboxylic acid groups (broad SMARTS) is 2. The Labute approximate surface area is 129 Å². The Morgan fingerprint density at radius 2 is 1.23 bits per heavy atom. The average Bonchev–Trinajstić information content (AvgIpc) is 2.55. The van der Waals surface area contributed by atoms with Gasteiger partial charge in [-0.3, -0.25) is 0 Å². The zero-order valence-corrected chi connectivity index (χ0v) is 12.3. The summed E-state index contributed by atoms with van der Waals surface area (Å²) in [5.41, 5.74) is -0.0372. The minimum atomic E-state index is -1.13. The third kappa shape index (κ3) is 5.83. The van der Waals surface area contributed by atoms with Crippen molar-refractivity contribution in [3.63, 3.8) is 0 Å². The van der Waals surface area contributed by atoms with Crippen molar-refractivity contribution in [2.75, 3.05) is 13.2 Å². The SMILES string of the molecule is O=C(O)c1cccc(C(=O)O)c1.OCC1CCC(CO)CC1. The molecule has 1 aliphatic rings. The molecular formula is C16H22O6. The summed E-state index contributed by atoms with van der Waals surface area (Å²) in [6.07, 6.45) is 4.40. The highest BCUT2D eigenvalue weighted by Gasteiger charge is 2.19. The Morgan fingerprint density at radius 1 is 0.864 bits per heavy atom. The zero-order chi connectivity index (χ0) is 16.5. The van der Waals surface area contributed by atoms with Gasteiger partial charge >= 0.3 is 11.9 Å². The van der Waals surface area contributed by atoms with Crippen molar-refractivity contribution < 1.29 is 30.0 Å². The third-order valence-electron chi connectivity index (χ3n) is 3.84. The van der Waals surface area contributed by atoms with Crippen LogP contribution in [0.4, 0.5) is 0 Å². The van der Waals surface area contributed by atoms with E-state index in [1.165, 1.54) is 18.2 Å². The monoisotopic (exact) mass is 310 g/mol. The molecule has 22 heavy (non-hydrogen) atoms. The van der Waals surface area contributed by atoms with Crippen molar-refractivity contribution in [3.8, 4) is 0 Å². The molecule has 0 aliphatic heterocycles. The lowest BCUT2D eigenvalue weighted by molar-refractivity contribution is 0.0696. The maximum atomic E-state index is 10.4. The lowest BCUT2D eigenvalue weighted by Gasteiger charge is -2.25. The smallest absolute Gasteiger partial charge is 0.335 e. The molecule has 0 heterocycles. The fourth-order valence-electron chi connectivity index (χ4n) is 2.38. The zero-order valence-electron chi connectivity index (χ0n) is 12.3. The molecule has 1 saturated carbocycles. The molecule has 2 rings (SSSR count). The quantitative estimate of drug-likeness (QED) is 0.675. The Hall–Kier alpha value is -1.92. The van der Waals surface area contributed by atoms with Gasteiger partial charge in [0.1, 0.15) is 0 Å². The number of aliphatic hydroxyl groups is 2. The lowest BCUT2D eigenvalue weighted by atomic mass is 9.83. The van der Waals surface area contributed by atoms with E-state index in [9.17, 15) is 9.59 Å². The Balaban J connectivity index is 0.000000224. The predicted molar refractivity (Wildman–Crippen MR) is 80.0 cm³/mol. The first-order chi connectivity index (χ1) is 10.5. The molecule has 122 valence electrons. The van der Waals surface area contributed by atoms with Crippen LogP contribution in [-0.2, 0) is 0 Å². The lowest BCUT2D eigenvalue weighted by Crippen LogP contribution is -2.19. The largest absolute Gasteiger partial charge is 0.478 e. The van der Waals surface area contributed by atoms with E-state index >= 15 is 0 Å². The maximum Gasteiger partial charge on any atom is 0.335 e. The van der Waals surface area contributed by atoms with Gasteiger partial charge in [-0.2, -0.15) is 0 Å². The van der Waals surface area contributed by atoms with E-state index in [0.29, 0.717) is 25.0 Å². The van der Waals surface area contributed by atoms with Crippen LogP contribution in [0.5, 0.6) is 0 Å². The van der Waals surface area contributed by atoms with Crippen molar-refractivity contribution in [1.29, 1.82) is 0 Å². The van der Waals surface area contributed by atoms with Crippen LogP contribution in [0.25, 0.3) is 0 Å². The first-order valence-electron chi connectivity index (χ1n) is 7.26. The van der Waals surface area contributed by atoms with Gasteiger partial charge in [0.2, 0.25) is 0 Å². The molecular weight excluding hydrogens is 288 g/mol. The van der Waals surface area contributed by atoms with Gasteiger partial charge in [0.25, 0.3) is 0 Å². The van der Waals surface area contributed by atoms with Gasteiger partial charge in [-0.25, -0.2) is 9.59 Å². The van der Waals surface area contributed by atoms with E-state index in [2.05, 4.69) is 0 Å². The maximum absolute atomic E-state index is 10.4. The topological polar surface area (TPSA) is 115 Å². The molecule has 1 aliphatic carbocycles. The number of aliphatic hydroxyl groups excluding tert-OH is 2. The molecule has 1 fully saturated rings. The van der Waals surface area contributed by atoms with Gasteiger partial charge < -0.3 is 20.4 Å². The fourth-order valence-corrected chi connectivity index (χ4v) is 2.38.